The highest BCUT2D eigenvalue weighted by atomic mass is 16.7. The Balaban J connectivity index is 2.23. The highest BCUT2D eigenvalue weighted by molar-refractivity contribution is 5.76. The fourth-order valence-electron chi connectivity index (χ4n) is 8.93. The number of unbranched alkanes of at least 4 members (excludes halogenated alkanes) is 36. The van der Waals surface area contributed by atoms with Gasteiger partial charge in [-0.25, -0.2) is 0 Å². The van der Waals surface area contributed by atoms with E-state index in [0.29, 0.717) is 12.8 Å². The van der Waals surface area contributed by atoms with E-state index in [4.69, 9.17) is 9.47 Å². The van der Waals surface area contributed by atoms with Crippen molar-refractivity contribution in [3.05, 3.63) is 0 Å². The molecule has 2 unspecified atom stereocenters. The first kappa shape index (κ1) is 58.2. The van der Waals surface area contributed by atoms with Crippen LogP contribution in [-0.2, 0) is 14.3 Å². The Labute approximate surface area is 376 Å². The fourth-order valence-corrected chi connectivity index (χ4v) is 8.93. The van der Waals surface area contributed by atoms with Crippen molar-refractivity contribution in [2.75, 3.05) is 13.2 Å². The van der Waals surface area contributed by atoms with Gasteiger partial charge in [-0.1, -0.05) is 251 Å². The van der Waals surface area contributed by atoms with Crippen LogP contribution in [0.1, 0.15) is 271 Å². The van der Waals surface area contributed by atoms with Crippen molar-refractivity contribution in [3.8, 4) is 0 Å². The third kappa shape index (κ3) is 33.3. The molecule has 0 aromatic carbocycles. The Hall–Kier alpha value is -0.810. The van der Waals surface area contributed by atoms with Gasteiger partial charge in [-0.2, -0.15) is 0 Å². The van der Waals surface area contributed by atoms with Gasteiger partial charge in [0, 0.05) is 6.42 Å². The van der Waals surface area contributed by atoms with Gasteiger partial charge in [-0.05, 0) is 12.8 Å². The second-order valence-corrected chi connectivity index (χ2v) is 19.0. The minimum Gasteiger partial charge on any atom is -0.394 e. The van der Waals surface area contributed by atoms with Crippen molar-refractivity contribution in [1.82, 2.24) is 5.32 Å². The molecule has 1 amide bonds. The molecule has 0 aliphatic carbocycles. The Morgan fingerprint density at radius 3 is 1.16 bits per heavy atom. The first-order valence-electron chi connectivity index (χ1n) is 26.7. The smallest absolute Gasteiger partial charge is 0.220 e. The van der Waals surface area contributed by atoms with Crippen LogP contribution in [0.25, 0.3) is 0 Å². The van der Waals surface area contributed by atoms with Crippen LogP contribution in [0.2, 0.25) is 0 Å². The second kappa shape index (κ2) is 43.1. The molecule has 364 valence electrons. The van der Waals surface area contributed by atoms with Crippen molar-refractivity contribution in [2.24, 2.45) is 0 Å². The summed E-state index contributed by atoms with van der Waals surface area (Å²) < 4.78 is 11.3. The van der Waals surface area contributed by atoms with Crippen molar-refractivity contribution in [2.45, 2.75) is 314 Å². The molecule has 0 aromatic rings. The summed E-state index contributed by atoms with van der Waals surface area (Å²) in [6.07, 6.45) is 42.6. The summed E-state index contributed by atoms with van der Waals surface area (Å²) in [6, 6.07) is -0.712. The first-order chi connectivity index (χ1) is 29.8. The quantitative estimate of drug-likeness (QED) is 0.0331. The molecule has 0 saturated carbocycles. The highest BCUT2D eigenvalue weighted by Crippen LogP contribution is 2.23. The number of nitrogens with one attached hydrogen (secondary N) is 1. The Kier molecular flexibility index (Phi) is 41.1. The number of aliphatic hydroxyl groups excluding tert-OH is 5. The molecule has 6 N–H and O–H groups in total. The number of aliphatic hydroxyl groups is 5. The van der Waals surface area contributed by atoms with Gasteiger partial charge in [-0.15, -0.1) is 0 Å². The van der Waals surface area contributed by atoms with E-state index in [0.717, 1.165) is 38.5 Å². The average Bonchev–Trinajstić information content (AvgIpc) is 3.26. The van der Waals surface area contributed by atoms with Gasteiger partial charge in [0.1, 0.15) is 24.4 Å². The maximum absolute atomic E-state index is 13.0. The molecule has 61 heavy (non-hydrogen) atoms. The summed E-state index contributed by atoms with van der Waals surface area (Å²) in [5.41, 5.74) is 0. The predicted molar refractivity (Wildman–Crippen MR) is 254 cm³/mol. The number of ether oxygens (including phenoxy) is 2. The van der Waals surface area contributed by atoms with E-state index in [1.165, 1.54) is 205 Å². The number of carbonyl (C=O) groups is 1. The van der Waals surface area contributed by atoms with Crippen LogP contribution in [0.5, 0.6) is 0 Å². The van der Waals surface area contributed by atoms with E-state index < -0.39 is 49.5 Å². The number of amides is 1. The van der Waals surface area contributed by atoms with Gasteiger partial charge in [-0.3, -0.25) is 4.79 Å². The summed E-state index contributed by atoms with van der Waals surface area (Å²) in [4.78, 5) is 13.0. The molecular formula is C52H103NO8. The average molecular weight is 870 g/mol. The van der Waals surface area contributed by atoms with Crippen LogP contribution in [-0.4, -0.2) is 87.5 Å². The van der Waals surface area contributed by atoms with Crippen LogP contribution in [0, 0.1) is 0 Å². The molecule has 1 aliphatic heterocycles. The van der Waals surface area contributed by atoms with Gasteiger partial charge in [0.2, 0.25) is 5.91 Å². The van der Waals surface area contributed by atoms with Crippen LogP contribution in [0.4, 0.5) is 0 Å². The Bertz CT molecular complexity index is 924. The molecule has 0 aromatic heterocycles. The second-order valence-electron chi connectivity index (χ2n) is 19.0. The molecule has 7 atom stereocenters. The van der Waals surface area contributed by atoms with E-state index in [1.54, 1.807) is 0 Å². The lowest BCUT2D eigenvalue weighted by molar-refractivity contribution is -0.302. The van der Waals surface area contributed by atoms with Gasteiger partial charge >= 0.3 is 0 Å². The number of carbonyl (C=O) groups excluding carboxylic acids is 1. The first-order valence-corrected chi connectivity index (χ1v) is 26.7. The topological polar surface area (TPSA) is 149 Å². The third-order valence-electron chi connectivity index (χ3n) is 13.2. The number of rotatable bonds is 46. The lowest BCUT2D eigenvalue weighted by Gasteiger charge is -2.40. The van der Waals surface area contributed by atoms with E-state index in [2.05, 4.69) is 19.2 Å². The fraction of sp³-hybridized carbons (Fsp3) is 0.981. The zero-order chi connectivity index (χ0) is 44.4. The van der Waals surface area contributed by atoms with E-state index in [9.17, 15) is 30.3 Å². The molecule has 9 heteroatoms. The summed E-state index contributed by atoms with van der Waals surface area (Å²) in [5.74, 6) is -0.137. The molecule has 1 rings (SSSR count). The van der Waals surface area contributed by atoms with E-state index >= 15 is 0 Å². The highest BCUT2D eigenvalue weighted by Gasteiger charge is 2.44. The van der Waals surface area contributed by atoms with Crippen LogP contribution in [0.3, 0.4) is 0 Å². The SMILES string of the molecule is CCCCCCCCCCCCCCCCCCCCCCCC(=O)N[C@@H](CO[C@@H]1O[C@H](CO)[C@H](O)C(O)C1O)[C@H](O)CCCCCCCCCCCCCCCCCCC. The van der Waals surface area contributed by atoms with Gasteiger partial charge in [0.05, 0.1) is 25.4 Å². The molecule has 1 fully saturated rings. The van der Waals surface area contributed by atoms with Crippen LogP contribution < -0.4 is 5.32 Å². The molecule has 1 aliphatic rings. The van der Waals surface area contributed by atoms with Crippen LogP contribution in [0.15, 0.2) is 0 Å². The van der Waals surface area contributed by atoms with E-state index in [-0.39, 0.29) is 12.5 Å². The summed E-state index contributed by atoms with van der Waals surface area (Å²) >= 11 is 0. The van der Waals surface area contributed by atoms with Gasteiger partial charge < -0.3 is 40.3 Å². The van der Waals surface area contributed by atoms with Gasteiger partial charge in [0.25, 0.3) is 0 Å². The van der Waals surface area contributed by atoms with Gasteiger partial charge in [0.15, 0.2) is 6.29 Å². The lowest BCUT2D eigenvalue weighted by Crippen LogP contribution is -2.60. The number of hydrogen-bond acceptors (Lipinski definition) is 8. The van der Waals surface area contributed by atoms with Crippen molar-refractivity contribution < 1.29 is 39.8 Å². The maximum atomic E-state index is 13.0. The summed E-state index contributed by atoms with van der Waals surface area (Å²) in [7, 11) is 0. The Morgan fingerprint density at radius 1 is 0.492 bits per heavy atom. The van der Waals surface area contributed by atoms with E-state index in [1.807, 2.05) is 0 Å². The molecule has 0 radical (unpaired) electrons. The molecule has 0 spiro atoms. The minimum absolute atomic E-state index is 0.131. The largest absolute Gasteiger partial charge is 0.394 e. The maximum Gasteiger partial charge on any atom is 0.220 e. The monoisotopic (exact) mass is 870 g/mol. The standard InChI is InChI=1S/C52H103NO8/c1-3-5-7-9-11-13-15-17-19-21-22-23-24-26-28-30-32-34-36-38-40-42-48(56)53-45(44-60-52-51(59)50(58)49(57)47(43-54)61-52)46(55)41-39-37-35-33-31-29-27-25-20-18-16-14-12-10-8-6-4-2/h45-47,49-52,54-55,57-59H,3-44H2,1-2H3,(H,53,56)/t45-,46+,47+,49-,50?,51?,52+/m0/s1. The zero-order valence-corrected chi connectivity index (χ0v) is 40.2. The molecule has 1 saturated heterocycles. The lowest BCUT2D eigenvalue weighted by atomic mass is 9.99. The third-order valence-corrected chi connectivity index (χ3v) is 13.2. The Morgan fingerprint density at radius 2 is 0.820 bits per heavy atom. The summed E-state index contributed by atoms with van der Waals surface area (Å²) in [5, 5.41) is 54.6. The zero-order valence-electron chi connectivity index (χ0n) is 40.2. The normalized spacial score (nSPS) is 20.3. The van der Waals surface area contributed by atoms with Crippen LogP contribution >= 0.6 is 0 Å². The van der Waals surface area contributed by atoms with Crippen molar-refractivity contribution in [1.29, 1.82) is 0 Å². The minimum atomic E-state index is -1.55. The molecule has 9 nitrogen and oxygen atoms in total. The van der Waals surface area contributed by atoms with Crippen molar-refractivity contribution in [3.63, 3.8) is 0 Å². The molecule has 1 heterocycles. The number of hydrogen-bond donors (Lipinski definition) is 6. The summed E-state index contributed by atoms with van der Waals surface area (Å²) in [6.45, 7) is 3.87. The van der Waals surface area contributed by atoms with Crippen molar-refractivity contribution >= 4 is 5.91 Å². The molecule has 0 bridgehead atoms. The predicted octanol–water partition coefficient (Wildman–Crippen LogP) is 12.3. The molecular weight excluding hydrogens is 767 g/mol.